The van der Waals surface area contributed by atoms with E-state index < -0.39 is 14.8 Å². The van der Waals surface area contributed by atoms with Gasteiger partial charge in [-0.05, 0) is 43.8 Å². The van der Waals surface area contributed by atoms with Gasteiger partial charge in [-0.3, -0.25) is 15.0 Å². The average molecular weight is 416 g/mol. The quantitative estimate of drug-likeness (QED) is 0.425. The van der Waals surface area contributed by atoms with Crippen molar-refractivity contribution in [1.29, 1.82) is 0 Å². The molecule has 0 aliphatic rings. The van der Waals surface area contributed by atoms with E-state index in [1.807, 2.05) is 18.9 Å². The van der Waals surface area contributed by atoms with Crippen LogP contribution in [-0.2, 0) is 16.4 Å². The van der Waals surface area contributed by atoms with Gasteiger partial charge in [-0.15, -0.1) is 10.2 Å². The monoisotopic (exact) mass is 416 g/mol. The Balaban J connectivity index is 1.69. The van der Waals surface area contributed by atoms with Gasteiger partial charge in [0.1, 0.15) is 0 Å². The van der Waals surface area contributed by atoms with Gasteiger partial charge in [-0.2, -0.15) is 0 Å². The van der Waals surface area contributed by atoms with Crippen LogP contribution >= 0.6 is 0 Å². The lowest BCUT2D eigenvalue weighted by atomic mass is 10.1. The van der Waals surface area contributed by atoms with Crippen LogP contribution in [0, 0.1) is 10.1 Å². The number of aromatic nitrogens is 2. The summed E-state index contributed by atoms with van der Waals surface area (Å²) in [6, 6.07) is 12.6. The molecule has 0 amide bonds. The van der Waals surface area contributed by atoms with Crippen LogP contribution in [0.5, 0.6) is 0 Å². The van der Waals surface area contributed by atoms with Gasteiger partial charge >= 0.3 is 0 Å². The topological polar surface area (TPSA) is 119 Å². The maximum absolute atomic E-state index is 11.6. The lowest BCUT2D eigenvalue weighted by Crippen LogP contribution is -2.22. The van der Waals surface area contributed by atoms with Gasteiger partial charge in [0, 0.05) is 30.0 Å². The molecule has 1 atom stereocenters. The Kier molecular flexibility index (Phi) is 5.76. The third kappa shape index (κ3) is 4.84. The van der Waals surface area contributed by atoms with Crippen molar-refractivity contribution in [2.24, 2.45) is 0 Å². The first-order valence-corrected chi connectivity index (χ1v) is 10.6. The van der Waals surface area contributed by atoms with Crippen molar-refractivity contribution in [3.05, 3.63) is 70.1 Å². The van der Waals surface area contributed by atoms with Gasteiger partial charge in [0.05, 0.1) is 16.4 Å². The fourth-order valence-corrected chi connectivity index (χ4v) is 3.39. The maximum Gasteiger partial charge on any atom is 0.269 e. The van der Waals surface area contributed by atoms with E-state index in [1.54, 1.807) is 36.4 Å². The van der Waals surface area contributed by atoms with Crippen molar-refractivity contribution < 1.29 is 17.8 Å². The van der Waals surface area contributed by atoms with Crippen LogP contribution in [0.15, 0.2) is 57.8 Å². The zero-order chi connectivity index (χ0) is 21.2. The fourth-order valence-electron chi connectivity index (χ4n) is 2.76. The summed E-state index contributed by atoms with van der Waals surface area (Å²) in [6.45, 7) is 2.37. The summed E-state index contributed by atoms with van der Waals surface area (Å²) in [5.41, 5.74) is 1.54. The number of benzene rings is 2. The molecule has 2 aromatic carbocycles. The normalized spacial score (nSPS) is 12.8. The SMILES string of the molecule is CC(c1ccc(S(C)(=O)=O)cc1)N(C)Cc1nnc(-c2ccc([N+](=O)[O-])cc2)o1. The fraction of sp³-hybridized carbons (Fsp3) is 0.263. The number of nitro benzene ring substituents is 1. The Bertz CT molecular complexity index is 1110. The molecule has 152 valence electrons. The standard InChI is InChI=1S/C19H20N4O5S/c1-13(14-6-10-17(11-7-14)29(3,26)27)22(2)12-18-20-21-19(28-18)15-4-8-16(9-5-15)23(24)25/h4-11,13H,12H2,1-3H3. The molecule has 0 N–H and O–H groups in total. The Hall–Kier alpha value is -3.11. The molecular weight excluding hydrogens is 396 g/mol. The highest BCUT2D eigenvalue weighted by Gasteiger charge is 2.17. The van der Waals surface area contributed by atoms with Crippen LogP contribution in [-0.4, -0.2) is 41.7 Å². The summed E-state index contributed by atoms with van der Waals surface area (Å²) in [7, 11) is -1.34. The lowest BCUT2D eigenvalue weighted by Gasteiger charge is -2.23. The van der Waals surface area contributed by atoms with E-state index in [0.717, 1.165) is 5.56 Å². The molecule has 0 bridgehead atoms. The van der Waals surface area contributed by atoms with Crippen LogP contribution in [0.2, 0.25) is 0 Å². The number of hydrogen-bond acceptors (Lipinski definition) is 8. The van der Waals surface area contributed by atoms with Crippen molar-refractivity contribution in [1.82, 2.24) is 15.1 Å². The Labute approximate surface area is 168 Å². The summed E-state index contributed by atoms with van der Waals surface area (Å²) in [5.74, 6) is 0.689. The van der Waals surface area contributed by atoms with E-state index in [-0.39, 0.29) is 22.5 Å². The molecule has 1 unspecified atom stereocenters. The molecule has 29 heavy (non-hydrogen) atoms. The predicted octanol–water partition coefficient (Wildman–Crippen LogP) is 3.24. The number of sulfone groups is 1. The molecule has 0 aliphatic carbocycles. The van der Waals surface area contributed by atoms with E-state index in [4.69, 9.17) is 4.42 Å². The second-order valence-electron chi connectivity index (χ2n) is 6.74. The molecule has 10 heteroatoms. The van der Waals surface area contributed by atoms with Crippen LogP contribution in [0.25, 0.3) is 11.5 Å². The van der Waals surface area contributed by atoms with Crippen molar-refractivity contribution in [3.63, 3.8) is 0 Å². The summed E-state index contributed by atoms with van der Waals surface area (Å²) in [4.78, 5) is 12.5. The van der Waals surface area contributed by atoms with E-state index in [0.29, 0.717) is 18.0 Å². The van der Waals surface area contributed by atoms with E-state index in [1.165, 1.54) is 18.4 Å². The smallest absolute Gasteiger partial charge is 0.269 e. The van der Waals surface area contributed by atoms with Crippen LogP contribution in [0.4, 0.5) is 5.69 Å². The minimum absolute atomic E-state index is 0.0102. The molecule has 9 nitrogen and oxygen atoms in total. The largest absolute Gasteiger partial charge is 0.419 e. The molecular formula is C19H20N4O5S. The van der Waals surface area contributed by atoms with Gasteiger partial charge < -0.3 is 4.42 Å². The molecule has 0 fully saturated rings. The van der Waals surface area contributed by atoms with Crippen LogP contribution in [0.3, 0.4) is 0 Å². The Morgan fingerprint density at radius 2 is 1.72 bits per heavy atom. The van der Waals surface area contributed by atoms with Gasteiger partial charge in [0.15, 0.2) is 9.84 Å². The predicted molar refractivity (Wildman–Crippen MR) is 106 cm³/mol. The first kappa shape index (κ1) is 20.6. The highest BCUT2D eigenvalue weighted by Crippen LogP contribution is 2.24. The molecule has 0 radical (unpaired) electrons. The molecule has 3 rings (SSSR count). The van der Waals surface area contributed by atoms with Gasteiger partial charge in [0.25, 0.3) is 5.69 Å². The Morgan fingerprint density at radius 1 is 1.10 bits per heavy atom. The first-order chi connectivity index (χ1) is 13.6. The summed E-state index contributed by atoms with van der Waals surface area (Å²) in [6.07, 6.45) is 1.18. The van der Waals surface area contributed by atoms with Gasteiger partial charge in [-0.25, -0.2) is 8.42 Å². The van der Waals surface area contributed by atoms with Crippen LogP contribution < -0.4 is 0 Å². The van der Waals surface area contributed by atoms with E-state index in [2.05, 4.69) is 10.2 Å². The zero-order valence-electron chi connectivity index (χ0n) is 16.1. The summed E-state index contributed by atoms with van der Waals surface area (Å²) < 4.78 is 28.9. The Morgan fingerprint density at radius 3 is 2.28 bits per heavy atom. The molecule has 0 saturated heterocycles. The van der Waals surface area contributed by atoms with Crippen molar-refractivity contribution >= 4 is 15.5 Å². The minimum atomic E-state index is -3.23. The summed E-state index contributed by atoms with van der Waals surface area (Å²) >= 11 is 0. The number of rotatable bonds is 7. The van der Waals surface area contributed by atoms with E-state index in [9.17, 15) is 18.5 Å². The van der Waals surface area contributed by atoms with Gasteiger partial charge in [-0.1, -0.05) is 12.1 Å². The zero-order valence-corrected chi connectivity index (χ0v) is 17.0. The van der Waals surface area contributed by atoms with Crippen molar-refractivity contribution in [3.8, 4) is 11.5 Å². The molecule has 0 aliphatic heterocycles. The molecule has 3 aromatic rings. The summed E-state index contributed by atoms with van der Waals surface area (Å²) in [5, 5.41) is 18.8. The van der Waals surface area contributed by atoms with E-state index >= 15 is 0 Å². The number of nitro groups is 1. The lowest BCUT2D eigenvalue weighted by molar-refractivity contribution is -0.384. The maximum atomic E-state index is 11.6. The molecule has 1 aromatic heterocycles. The van der Waals surface area contributed by atoms with Crippen molar-refractivity contribution in [2.75, 3.05) is 13.3 Å². The second-order valence-corrected chi connectivity index (χ2v) is 8.75. The number of nitrogens with zero attached hydrogens (tertiary/aromatic N) is 4. The van der Waals surface area contributed by atoms with Crippen LogP contribution in [0.1, 0.15) is 24.4 Å². The van der Waals surface area contributed by atoms with Gasteiger partial charge in [0.2, 0.25) is 11.8 Å². The first-order valence-electron chi connectivity index (χ1n) is 8.72. The third-order valence-electron chi connectivity index (χ3n) is 4.63. The number of non-ortho nitro benzene ring substituents is 1. The highest BCUT2D eigenvalue weighted by atomic mass is 32.2. The molecule has 1 heterocycles. The highest BCUT2D eigenvalue weighted by molar-refractivity contribution is 7.90. The number of hydrogen-bond donors (Lipinski definition) is 0. The third-order valence-corrected chi connectivity index (χ3v) is 5.76. The molecule has 0 saturated carbocycles. The second kappa shape index (κ2) is 8.10. The average Bonchev–Trinajstić information content (AvgIpc) is 3.15. The van der Waals surface area contributed by atoms with Crippen molar-refractivity contribution in [2.45, 2.75) is 24.4 Å². The molecule has 0 spiro atoms. The minimum Gasteiger partial charge on any atom is -0.419 e.